The minimum atomic E-state index is 0.00174. The van der Waals surface area contributed by atoms with E-state index in [2.05, 4.69) is 25.3 Å². The average molecular weight is 353 g/mol. The van der Waals surface area contributed by atoms with Crippen LogP contribution < -0.4 is 11.1 Å². The zero-order chi connectivity index (χ0) is 18.5. The van der Waals surface area contributed by atoms with Gasteiger partial charge in [-0.1, -0.05) is 0 Å². The van der Waals surface area contributed by atoms with Crippen LogP contribution >= 0.6 is 0 Å². The predicted molar refractivity (Wildman–Crippen MR) is 101 cm³/mol. The second kappa shape index (κ2) is 7.92. The summed E-state index contributed by atoms with van der Waals surface area (Å²) in [6, 6.07) is 5.73. The fourth-order valence-electron chi connectivity index (χ4n) is 2.70. The number of hydrogen-bond acceptors (Lipinski definition) is 6. The molecule has 0 spiro atoms. The van der Waals surface area contributed by atoms with E-state index in [1.165, 1.54) is 0 Å². The Balaban J connectivity index is 1.71. The molecule has 3 aromatic heterocycles. The first kappa shape index (κ1) is 17.8. The topological polar surface area (TPSA) is 113 Å². The number of nitrogen functional groups attached to an aromatic ring is 1. The van der Waals surface area contributed by atoms with Gasteiger partial charge in [-0.2, -0.15) is 0 Å². The molecule has 0 bridgehead atoms. The van der Waals surface area contributed by atoms with E-state index in [0.717, 1.165) is 34.5 Å². The Bertz CT molecular complexity index is 903. The number of anilines is 1. The summed E-state index contributed by atoms with van der Waals surface area (Å²) in [6.07, 6.45) is 4.46. The van der Waals surface area contributed by atoms with Crippen LogP contribution in [0.5, 0.6) is 0 Å². The number of carbonyl (C=O) groups is 1. The number of aryl methyl sites for hydroxylation is 1. The van der Waals surface area contributed by atoms with Crippen LogP contribution in [0.3, 0.4) is 0 Å². The van der Waals surface area contributed by atoms with E-state index < -0.39 is 0 Å². The molecule has 0 atom stereocenters. The first-order valence-electron chi connectivity index (χ1n) is 8.50. The van der Waals surface area contributed by atoms with Crippen molar-refractivity contribution in [3.63, 3.8) is 0 Å². The molecule has 0 aliphatic rings. The summed E-state index contributed by atoms with van der Waals surface area (Å²) < 4.78 is 0. The largest absolute Gasteiger partial charge is 0.368 e. The molecule has 0 saturated carbocycles. The van der Waals surface area contributed by atoms with Gasteiger partial charge < -0.3 is 20.9 Å². The SMILES string of the molecule is CN(C)CCNC(=O)CCc1cc(-c2c[nH]c3ncccc23)nc(N)n1. The van der Waals surface area contributed by atoms with E-state index in [4.69, 9.17) is 5.73 Å². The van der Waals surface area contributed by atoms with Gasteiger partial charge in [0.15, 0.2) is 0 Å². The maximum absolute atomic E-state index is 12.0. The van der Waals surface area contributed by atoms with Gasteiger partial charge in [-0.25, -0.2) is 15.0 Å². The normalized spacial score (nSPS) is 11.2. The number of likely N-dealkylation sites (N-methyl/N-ethyl adjacent to an activating group) is 1. The number of fused-ring (bicyclic) bond motifs is 1. The third-order valence-corrected chi connectivity index (χ3v) is 4.01. The molecule has 0 aromatic carbocycles. The minimum absolute atomic E-state index is 0.00174. The third-order valence-electron chi connectivity index (χ3n) is 4.01. The zero-order valence-corrected chi connectivity index (χ0v) is 15.0. The number of nitrogens with one attached hydrogen (secondary N) is 2. The molecule has 136 valence electrons. The number of rotatable bonds is 7. The van der Waals surface area contributed by atoms with Crippen LogP contribution in [0.15, 0.2) is 30.6 Å². The Hall–Kier alpha value is -3.00. The molecule has 4 N–H and O–H groups in total. The van der Waals surface area contributed by atoms with Gasteiger partial charge >= 0.3 is 0 Å². The molecule has 0 fully saturated rings. The quantitative estimate of drug-likeness (QED) is 0.588. The Morgan fingerprint density at radius 3 is 3.00 bits per heavy atom. The number of nitrogens with zero attached hydrogens (tertiary/aromatic N) is 4. The second-order valence-electron chi connectivity index (χ2n) is 6.36. The lowest BCUT2D eigenvalue weighted by Crippen LogP contribution is -2.31. The fraction of sp³-hybridized carbons (Fsp3) is 0.333. The molecular formula is C18H23N7O. The van der Waals surface area contributed by atoms with Crippen LogP contribution in [-0.2, 0) is 11.2 Å². The first-order chi connectivity index (χ1) is 12.5. The summed E-state index contributed by atoms with van der Waals surface area (Å²) in [7, 11) is 3.94. The zero-order valence-electron chi connectivity index (χ0n) is 15.0. The standard InChI is InChI=1S/C18H23N7O/c1-25(2)9-8-20-16(26)6-5-12-10-15(24-18(19)23-12)14-11-22-17-13(14)4-3-7-21-17/h3-4,7,10-11H,5-6,8-9H2,1-2H3,(H,20,26)(H,21,22)(H2,19,23,24). The highest BCUT2D eigenvalue weighted by Gasteiger charge is 2.11. The van der Waals surface area contributed by atoms with Crippen LogP contribution in [0.1, 0.15) is 12.1 Å². The monoisotopic (exact) mass is 353 g/mol. The van der Waals surface area contributed by atoms with Crippen molar-refractivity contribution in [2.75, 3.05) is 32.9 Å². The van der Waals surface area contributed by atoms with Crippen LogP contribution in [0, 0.1) is 0 Å². The van der Waals surface area contributed by atoms with E-state index in [1.54, 1.807) is 6.20 Å². The molecule has 3 heterocycles. The number of carbonyl (C=O) groups excluding carboxylic acids is 1. The fourth-order valence-corrected chi connectivity index (χ4v) is 2.70. The Kier molecular flexibility index (Phi) is 5.43. The Labute approximate surface area is 151 Å². The summed E-state index contributed by atoms with van der Waals surface area (Å²) >= 11 is 0. The average Bonchev–Trinajstić information content (AvgIpc) is 3.03. The van der Waals surface area contributed by atoms with Crippen molar-refractivity contribution in [2.24, 2.45) is 0 Å². The molecule has 0 aliphatic carbocycles. The number of nitrogens with two attached hydrogens (primary N) is 1. The van der Waals surface area contributed by atoms with E-state index in [9.17, 15) is 4.79 Å². The summed E-state index contributed by atoms with van der Waals surface area (Å²) in [5.41, 5.74) is 9.05. The molecule has 8 nitrogen and oxygen atoms in total. The second-order valence-corrected chi connectivity index (χ2v) is 6.36. The van der Waals surface area contributed by atoms with Crippen LogP contribution in [0.4, 0.5) is 5.95 Å². The number of pyridine rings is 1. The maximum atomic E-state index is 12.0. The lowest BCUT2D eigenvalue weighted by atomic mass is 10.1. The van der Waals surface area contributed by atoms with Gasteiger partial charge in [0.25, 0.3) is 0 Å². The number of aromatic nitrogens is 4. The maximum Gasteiger partial charge on any atom is 0.220 e. The molecule has 0 aliphatic heterocycles. The van der Waals surface area contributed by atoms with Gasteiger partial charge in [-0.15, -0.1) is 0 Å². The molecule has 0 unspecified atom stereocenters. The first-order valence-corrected chi connectivity index (χ1v) is 8.50. The molecular weight excluding hydrogens is 330 g/mol. The van der Waals surface area contributed by atoms with Crippen LogP contribution in [-0.4, -0.2) is 57.9 Å². The number of hydrogen-bond donors (Lipinski definition) is 3. The highest BCUT2D eigenvalue weighted by atomic mass is 16.1. The van der Waals surface area contributed by atoms with E-state index in [1.807, 2.05) is 43.4 Å². The van der Waals surface area contributed by atoms with Crippen molar-refractivity contribution in [2.45, 2.75) is 12.8 Å². The van der Waals surface area contributed by atoms with Crippen molar-refractivity contribution >= 4 is 22.9 Å². The number of aromatic amines is 1. The minimum Gasteiger partial charge on any atom is -0.368 e. The third kappa shape index (κ3) is 4.34. The van der Waals surface area contributed by atoms with Crippen molar-refractivity contribution in [3.8, 4) is 11.3 Å². The molecule has 3 rings (SSSR count). The van der Waals surface area contributed by atoms with Gasteiger partial charge in [0.2, 0.25) is 11.9 Å². The summed E-state index contributed by atoms with van der Waals surface area (Å²) in [5, 5.41) is 3.87. The number of amides is 1. The van der Waals surface area contributed by atoms with Crippen LogP contribution in [0.25, 0.3) is 22.3 Å². The lowest BCUT2D eigenvalue weighted by Gasteiger charge is -2.10. The molecule has 8 heteroatoms. The summed E-state index contributed by atoms with van der Waals surface area (Å²) in [5.74, 6) is 0.200. The number of H-pyrrole nitrogens is 1. The summed E-state index contributed by atoms with van der Waals surface area (Å²) in [4.78, 5) is 30.0. The molecule has 0 saturated heterocycles. The van der Waals surface area contributed by atoms with Crippen molar-refractivity contribution in [3.05, 3.63) is 36.3 Å². The van der Waals surface area contributed by atoms with Crippen molar-refractivity contribution in [1.29, 1.82) is 0 Å². The summed E-state index contributed by atoms with van der Waals surface area (Å²) in [6.45, 7) is 1.44. The van der Waals surface area contributed by atoms with Crippen molar-refractivity contribution in [1.82, 2.24) is 30.2 Å². The molecule has 3 aromatic rings. The van der Waals surface area contributed by atoms with Crippen molar-refractivity contribution < 1.29 is 4.79 Å². The van der Waals surface area contributed by atoms with E-state index in [-0.39, 0.29) is 11.9 Å². The molecule has 26 heavy (non-hydrogen) atoms. The van der Waals surface area contributed by atoms with Gasteiger partial charge in [-0.3, -0.25) is 4.79 Å². The highest BCUT2D eigenvalue weighted by molar-refractivity contribution is 5.92. The Morgan fingerprint density at radius 2 is 2.19 bits per heavy atom. The Morgan fingerprint density at radius 1 is 1.35 bits per heavy atom. The van der Waals surface area contributed by atoms with Gasteiger partial charge in [0, 0.05) is 48.5 Å². The van der Waals surface area contributed by atoms with Gasteiger partial charge in [-0.05, 0) is 38.7 Å². The molecule has 0 radical (unpaired) electrons. The van der Waals surface area contributed by atoms with E-state index in [0.29, 0.717) is 19.4 Å². The van der Waals surface area contributed by atoms with E-state index >= 15 is 0 Å². The van der Waals surface area contributed by atoms with Gasteiger partial charge in [0.1, 0.15) is 5.65 Å². The predicted octanol–water partition coefficient (Wildman–Crippen LogP) is 1.21. The smallest absolute Gasteiger partial charge is 0.220 e. The lowest BCUT2D eigenvalue weighted by molar-refractivity contribution is -0.121. The van der Waals surface area contributed by atoms with Crippen LogP contribution in [0.2, 0.25) is 0 Å². The highest BCUT2D eigenvalue weighted by Crippen LogP contribution is 2.26. The van der Waals surface area contributed by atoms with Gasteiger partial charge in [0.05, 0.1) is 5.69 Å². The molecule has 1 amide bonds.